The van der Waals surface area contributed by atoms with Crippen molar-refractivity contribution in [3.63, 3.8) is 0 Å². The summed E-state index contributed by atoms with van der Waals surface area (Å²) in [6.45, 7) is 0.988. The molecule has 0 spiro atoms. The van der Waals surface area contributed by atoms with E-state index in [2.05, 4.69) is 32.1 Å². The third kappa shape index (κ3) is 2.12. The Morgan fingerprint density at radius 3 is 3.12 bits per heavy atom. The average Bonchev–Trinajstić information content (AvgIpc) is 2.74. The highest BCUT2D eigenvalue weighted by molar-refractivity contribution is 7.71. The second-order valence-electron chi connectivity index (χ2n) is 4.14. The van der Waals surface area contributed by atoms with Crippen LogP contribution in [0.5, 0.6) is 0 Å². The molecule has 0 fully saturated rings. The topological polar surface area (TPSA) is 40.7 Å². The maximum Gasteiger partial charge on any atom is 0.199 e. The zero-order valence-electron chi connectivity index (χ0n) is 9.32. The van der Waals surface area contributed by atoms with Gasteiger partial charge in [0.15, 0.2) is 4.77 Å². The Balaban J connectivity index is 2.20. The quantitative estimate of drug-likeness (QED) is 0.772. The minimum absolute atomic E-state index is 0.555. The molecular weight excluding hydrogens is 250 g/mol. The van der Waals surface area contributed by atoms with Crippen LogP contribution in [0.3, 0.4) is 0 Å². The van der Waals surface area contributed by atoms with E-state index in [0.29, 0.717) is 4.77 Å². The molecule has 0 saturated heterocycles. The van der Waals surface area contributed by atoms with E-state index < -0.39 is 0 Å². The highest BCUT2D eigenvalue weighted by Gasteiger charge is 2.15. The van der Waals surface area contributed by atoms with E-state index in [1.54, 1.807) is 11.3 Å². The van der Waals surface area contributed by atoms with Gasteiger partial charge in [0.05, 0.1) is 5.69 Å². The highest BCUT2D eigenvalue weighted by Crippen LogP contribution is 2.30. The van der Waals surface area contributed by atoms with Gasteiger partial charge in [-0.25, -0.2) is 4.98 Å². The largest absolute Gasteiger partial charge is 0.370 e. The van der Waals surface area contributed by atoms with E-state index in [1.165, 1.54) is 24.0 Å². The van der Waals surface area contributed by atoms with Crippen molar-refractivity contribution in [3.8, 4) is 11.3 Å². The summed E-state index contributed by atoms with van der Waals surface area (Å²) in [6, 6.07) is 2.12. The maximum atomic E-state index is 5.20. The summed E-state index contributed by atoms with van der Waals surface area (Å²) >= 11 is 6.90. The highest BCUT2D eigenvalue weighted by atomic mass is 32.1. The van der Waals surface area contributed by atoms with Gasteiger partial charge in [-0.3, -0.25) is 0 Å². The van der Waals surface area contributed by atoms with Crippen molar-refractivity contribution < 1.29 is 0 Å². The molecule has 1 aliphatic heterocycles. The van der Waals surface area contributed by atoms with Crippen LogP contribution < -0.4 is 5.32 Å². The second-order valence-corrected chi connectivity index (χ2v) is 5.31. The van der Waals surface area contributed by atoms with Gasteiger partial charge in [0, 0.05) is 23.1 Å². The number of fused-ring (bicyclic) bond motifs is 1. The lowest BCUT2D eigenvalue weighted by Gasteiger charge is -2.11. The number of rotatable bonds is 1. The molecule has 0 radical (unpaired) electrons. The van der Waals surface area contributed by atoms with Crippen LogP contribution in [0.1, 0.15) is 18.4 Å². The summed E-state index contributed by atoms with van der Waals surface area (Å²) in [7, 11) is 0. The Hall–Kier alpha value is -1.20. The molecule has 3 rings (SSSR count). The van der Waals surface area contributed by atoms with Crippen molar-refractivity contribution in [2.45, 2.75) is 19.3 Å². The summed E-state index contributed by atoms with van der Waals surface area (Å²) in [5.74, 6) is 0.965. The molecule has 3 nitrogen and oxygen atoms in total. The standard InChI is InChI=1S/C12H13N3S2/c16-12-14-10(8-4-6-17-7-8)9-3-1-2-5-13-11(9)15-12/h4,6-7H,1-3,5H2,(H2,13,14,15,16). The summed E-state index contributed by atoms with van der Waals surface area (Å²) < 4.78 is 0.555. The van der Waals surface area contributed by atoms with Gasteiger partial charge >= 0.3 is 0 Å². The van der Waals surface area contributed by atoms with Crippen molar-refractivity contribution in [1.29, 1.82) is 0 Å². The molecular formula is C12H13N3S2. The lowest BCUT2D eigenvalue weighted by molar-refractivity contribution is 0.785. The summed E-state index contributed by atoms with van der Waals surface area (Å²) in [5, 5.41) is 7.61. The lowest BCUT2D eigenvalue weighted by atomic mass is 10.0. The molecule has 0 amide bonds. The van der Waals surface area contributed by atoms with Crippen molar-refractivity contribution in [2.75, 3.05) is 11.9 Å². The Kier molecular flexibility index (Phi) is 2.94. The first-order chi connectivity index (χ1) is 8.34. The van der Waals surface area contributed by atoms with E-state index in [-0.39, 0.29) is 0 Å². The van der Waals surface area contributed by atoms with Gasteiger partial charge in [0.25, 0.3) is 0 Å². The fourth-order valence-electron chi connectivity index (χ4n) is 2.17. The molecule has 1 aliphatic rings. The number of nitrogens with one attached hydrogen (secondary N) is 2. The lowest BCUT2D eigenvalue weighted by Crippen LogP contribution is -2.04. The van der Waals surface area contributed by atoms with Gasteiger partial charge in [0.2, 0.25) is 0 Å². The molecule has 0 unspecified atom stereocenters. The first-order valence-corrected chi connectivity index (χ1v) is 7.09. The zero-order valence-corrected chi connectivity index (χ0v) is 11.0. The Morgan fingerprint density at radius 1 is 1.35 bits per heavy atom. The van der Waals surface area contributed by atoms with Crippen LogP contribution >= 0.6 is 23.6 Å². The SMILES string of the molecule is S=c1nc2c(c(-c3ccsc3)[nH]1)CCCCN2. The average molecular weight is 263 g/mol. The number of aromatic amines is 1. The second kappa shape index (κ2) is 4.58. The zero-order chi connectivity index (χ0) is 11.7. The summed E-state index contributed by atoms with van der Waals surface area (Å²) in [5.41, 5.74) is 3.62. The molecule has 0 aliphatic carbocycles. The van der Waals surface area contributed by atoms with Crippen LogP contribution in [0.25, 0.3) is 11.3 Å². The predicted octanol–water partition coefficient (Wildman–Crippen LogP) is 3.62. The molecule has 2 aromatic heterocycles. The molecule has 2 aromatic rings. The third-order valence-electron chi connectivity index (χ3n) is 2.99. The number of aromatic nitrogens is 2. The van der Waals surface area contributed by atoms with E-state index in [9.17, 15) is 0 Å². The first kappa shape index (κ1) is 10.9. The van der Waals surface area contributed by atoms with Crippen molar-refractivity contribution in [3.05, 3.63) is 27.2 Å². The van der Waals surface area contributed by atoms with Crippen LogP contribution in [0.2, 0.25) is 0 Å². The summed E-state index contributed by atoms with van der Waals surface area (Å²) in [6.07, 6.45) is 3.45. The van der Waals surface area contributed by atoms with E-state index >= 15 is 0 Å². The summed E-state index contributed by atoms with van der Waals surface area (Å²) in [4.78, 5) is 7.63. The number of nitrogens with zero attached hydrogens (tertiary/aromatic N) is 1. The van der Waals surface area contributed by atoms with Crippen LogP contribution in [0, 0.1) is 4.77 Å². The normalized spacial score (nSPS) is 14.8. The van der Waals surface area contributed by atoms with Gasteiger partial charge in [-0.2, -0.15) is 11.3 Å². The van der Waals surface area contributed by atoms with Gasteiger partial charge in [-0.15, -0.1) is 0 Å². The fraction of sp³-hybridized carbons (Fsp3) is 0.333. The minimum Gasteiger partial charge on any atom is -0.370 e. The molecule has 17 heavy (non-hydrogen) atoms. The molecule has 5 heteroatoms. The van der Waals surface area contributed by atoms with Crippen molar-refractivity contribution in [1.82, 2.24) is 9.97 Å². The molecule has 0 bridgehead atoms. The van der Waals surface area contributed by atoms with Crippen molar-refractivity contribution >= 4 is 29.4 Å². The van der Waals surface area contributed by atoms with Gasteiger partial charge in [0.1, 0.15) is 5.82 Å². The molecule has 0 aromatic carbocycles. The predicted molar refractivity (Wildman–Crippen MR) is 74.2 cm³/mol. The van der Waals surface area contributed by atoms with Crippen molar-refractivity contribution in [2.24, 2.45) is 0 Å². The van der Waals surface area contributed by atoms with Gasteiger partial charge in [-0.1, -0.05) is 0 Å². The third-order valence-corrected chi connectivity index (χ3v) is 3.87. The smallest absolute Gasteiger partial charge is 0.199 e. The first-order valence-electron chi connectivity index (χ1n) is 5.74. The molecule has 0 atom stereocenters. The van der Waals surface area contributed by atoms with E-state index in [4.69, 9.17) is 12.2 Å². The van der Waals surface area contributed by atoms with Crippen LogP contribution in [0.15, 0.2) is 16.8 Å². The number of anilines is 1. The Labute approximate surface area is 109 Å². The number of hydrogen-bond acceptors (Lipinski definition) is 4. The van der Waals surface area contributed by atoms with Gasteiger partial charge < -0.3 is 10.3 Å². The number of thiophene rings is 1. The molecule has 88 valence electrons. The van der Waals surface area contributed by atoms with E-state index in [1.807, 2.05) is 0 Å². The number of H-pyrrole nitrogens is 1. The maximum absolute atomic E-state index is 5.20. The monoisotopic (exact) mass is 263 g/mol. The molecule has 0 saturated carbocycles. The fourth-order valence-corrected chi connectivity index (χ4v) is 3.01. The van der Waals surface area contributed by atoms with Gasteiger partial charge in [-0.05, 0) is 42.9 Å². The Bertz CT molecular complexity index is 572. The minimum atomic E-state index is 0.555. The number of hydrogen-bond donors (Lipinski definition) is 2. The van der Waals surface area contributed by atoms with E-state index in [0.717, 1.165) is 24.5 Å². The van der Waals surface area contributed by atoms with Crippen LogP contribution in [0.4, 0.5) is 5.82 Å². The molecule has 2 N–H and O–H groups in total. The van der Waals surface area contributed by atoms with Crippen LogP contribution in [-0.4, -0.2) is 16.5 Å². The van der Waals surface area contributed by atoms with Crippen LogP contribution in [-0.2, 0) is 6.42 Å². The molecule has 3 heterocycles. The Morgan fingerprint density at radius 2 is 2.29 bits per heavy atom.